The Kier molecular flexibility index (Phi) is 4.22. The summed E-state index contributed by atoms with van der Waals surface area (Å²) in [5.74, 6) is -2.18. The molecule has 130 valence electrons. The molecule has 3 aromatic rings. The van der Waals surface area contributed by atoms with E-state index in [0.29, 0.717) is 0 Å². The molecule has 0 aromatic heterocycles. The van der Waals surface area contributed by atoms with Crippen LogP contribution in [0.2, 0.25) is 0 Å². The van der Waals surface area contributed by atoms with E-state index in [4.69, 9.17) is 0 Å². The highest BCUT2D eigenvalue weighted by Gasteiger charge is 2.31. The van der Waals surface area contributed by atoms with Gasteiger partial charge in [-0.05, 0) is 23.3 Å². The van der Waals surface area contributed by atoms with Crippen molar-refractivity contribution in [2.45, 2.75) is 6.04 Å². The number of fused-ring (bicyclic) bond motifs is 3. The van der Waals surface area contributed by atoms with Crippen LogP contribution in [0.15, 0.2) is 66.7 Å². The van der Waals surface area contributed by atoms with Crippen molar-refractivity contribution in [2.24, 2.45) is 0 Å². The van der Waals surface area contributed by atoms with E-state index in [1.54, 1.807) is 0 Å². The second-order valence-corrected chi connectivity index (χ2v) is 6.27. The smallest absolute Gasteiger partial charge is 0.279 e. The maximum atomic E-state index is 13.3. The fourth-order valence-electron chi connectivity index (χ4n) is 3.46. The number of nitrogens with one attached hydrogen (secondary N) is 1. The first-order valence-corrected chi connectivity index (χ1v) is 8.40. The molecular formula is C21H17F2N2O+. The molecule has 0 fully saturated rings. The van der Waals surface area contributed by atoms with Gasteiger partial charge in [-0.2, -0.15) is 0 Å². The van der Waals surface area contributed by atoms with Gasteiger partial charge in [-0.15, -0.1) is 0 Å². The molecule has 0 radical (unpaired) electrons. The van der Waals surface area contributed by atoms with Gasteiger partial charge in [-0.1, -0.05) is 48.5 Å². The second-order valence-electron chi connectivity index (χ2n) is 6.27. The molecule has 5 heteroatoms. The topological polar surface area (TPSA) is 45.7 Å². The fourth-order valence-corrected chi connectivity index (χ4v) is 3.46. The molecule has 0 bridgehead atoms. The fraction of sp³-hybridized carbons (Fsp3) is 0.0952. The average molecular weight is 351 g/mol. The molecule has 0 saturated carbocycles. The number of halogens is 2. The van der Waals surface area contributed by atoms with Crippen LogP contribution in [-0.4, -0.2) is 12.5 Å². The van der Waals surface area contributed by atoms with Gasteiger partial charge < -0.3 is 10.6 Å². The van der Waals surface area contributed by atoms with E-state index in [2.05, 4.69) is 29.6 Å². The van der Waals surface area contributed by atoms with Crippen LogP contribution in [0.25, 0.3) is 11.1 Å². The normalized spacial score (nSPS) is 12.5. The van der Waals surface area contributed by atoms with Crippen LogP contribution in [0.5, 0.6) is 0 Å². The molecule has 0 aliphatic heterocycles. The SMILES string of the molecule is O=C(C[NH2+]C1c2ccccc2-c2ccccc21)Nc1ccc(F)c(F)c1. The van der Waals surface area contributed by atoms with Crippen LogP contribution in [0.4, 0.5) is 14.5 Å². The van der Waals surface area contributed by atoms with Gasteiger partial charge in [0.05, 0.1) is 0 Å². The number of nitrogens with two attached hydrogens (primary N) is 1. The van der Waals surface area contributed by atoms with E-state index in [-0.39, 0.29) is 24.2 Å². The van der Waals surface area contributed by atoms with Crippen LogP contribution >= 0.6 is 0 Å². The van der Waals surface area contributed by atoms with E-state index in [0.717, 1.165) is 12.1 Å². The van der Waals surface area contributed by atoms with E-state index in [1.807, 2.05) is 29.6 Å². The molecule has 1 amide bonds. The molecule has 3 N–H and O–H groups in total. The van der Waals surface area contributed by atoms with Crippen molar-refractivity contribution in [3.8, 4) is 11.1 Å². The number of anilines is 1. The monoisotopic (exact) mass is 351 g/mol. The third-order valence-corrected chi connectivity index (χ3v) is 4.62. The zero-order chi connectivity index (χ0) is 18.1. The predicted octanol–water partition coefficient (Wildman–Crippen LogP) is 3.24. The molecule has 0 unspecified atom stereocenters. The van der Waals surface area contributed by atoms with Gasteiger partial charge >= 0.3 is 0 Å². The van der Waals surface area contributed by atoms with Crippen molar-refractivity contribution >= 4 is 11.6 Å². The van der Waals surface area contributed by atoms with Gasteiger partial charge in [0.25, 0.3) is 5.91 Å². The summed E-state index contributed by atoms with van der Waals surface area (Å²) in [6.07, 6.45) is 0. The lowest BCUT2D eigenvalue weighted by atomic mass is 10.1. The van der Waals surface area contributed by atoms with Crippen LogP contribution < -0.4 is 10.6 Å². The first-order valence-electron chi connectivity index (χ1n) is 8.40. The lowest BCUT2D eigenvalue weighted by molar-refractivity contribution is -0.675. The zero-order valence-corrected chi connectivity index (χ0v) is 13.9. The Morgan fingerprint density at radius 2 is 1.50 bits per heavy atom. The molecule has 0 heterocycles. The minimum atomic E-state index is -0.981. The Balaban J connectivity index is 1.49. The van der Waals surface area contributed by atoms with E-state index >= 15 is 0 Å². The molecular weight excluding hydrogens is 334 g/mol. The average Bonchev–Trinajstić information content (AvgIpc) is 2.97. The highest BCUT2D eigenvalue weighted by Crippen LogP contribution is 2.40. The Morgan fingerprint density at radius 3 is 2.12 bits per heavy atom. The number of carbonyl (C=O) groups is 1. The second kappa shape index (κ2) is 6.69. The molecule has 3 nitrogen and oxygen atoms in total. The van der Waals surface area contributed by atoms with Crippen LogP contribution in [-0.2, 0) is 4.79 Å². The molecule has 1 aliphatic carbocycles. The summed E-state index contributed by atoms with van der Waals surface area (Å²) in [7, 11) is 0. The first kappa shape index (κ1) is 16.4. The third kappa shape index (κ3) is 2.97. The quantitative estimate of drug-likeness (QED) is 0.745. The van der Waals surface area contributed by atoms with Crippen LogP contribution in [0, 0.1) is 11.6 Å². The number of hydrogen-bond acceptors (Lipinski definition) is 1. The van der Waals surface area contributed by atoms with Gasteiger partial charge in [0.1, 0.15) is 6.04 Å². The summed E-state index contributed by atoms with van der Waals surface area (Å²) in [4.78, 5) is 12.2. The lowest BCUT2D eigenvalue weighted by Gasteiger charge is -2.12. The number of carbonyl (C=O) groups excluding carboxylic acids is 1. The lowest BCUT2D eigenvalue weighted by Crippen LogP contribution is -2.87. The molecule has 1 aliphatic rings. The van der Waals surface area contributed by atoms with Gasteiger partial charge in [0.2, 0.25) is 0 Å². The summed E-state index contributed by atoms with van der Waals surface area (Å²) < 4.78 is 26.2. The van der Waals surface area contributed by atoms with Gasteiger partial charge in [0, 0.05) is 22.9 Å². The number of benzene rings is 3. The van der Waals surface area contributed by atoms with Crippen molar-refractivity contribution < 1.29 is 18.9 Å². The Labute approximate surface area is 149 Å². The van der Waals surface area contributed by atoms with Crippen molar-refractivity contribution in [3.05, 3.63) is 89.5 Å². The maximum absolute atomic E-state index is 13.3. The molecule has 0 spiro atoms. The Morgan fingerprint density at radius 1 is 0.885 bits per heavy atom. The van der Waals surface area contributed by atoms with Crippen LogP contribution in [0.3, 0.4) is 0 Å². The summed E-state index contributed by atoms with van der Waals surface area (Å²) in [6, 6.07) is 19.7. The standard InChI is InChI=1S/C21H16F2N2O/c22-18-10-9-13(11-19(18)23)25-20(26)12-24-21-16-7-3-1-5-14(16)15-6-2-4-8-17(15)21/h1-11,21,24H,12H2,(H,25,26)/p+1. The molecule has 4 rings (SSSR count). The summed E-state index contributed by atoms with van der Waals surface area (Å²) in [6.45, 7) is 0.173. The van der Waals surface area contributed by atoms with Crippen molar-refractivity contribution in [2.75, 3.05) is 11.9 Å². The number of amides is 1. The first-order chi connectivity index (χ1) is 12.6. The maximum Gasteiger partial charge on any atom is 0.279 e. The minimum absolute atomic E-state index is 0.0399. The van der Waals surface area contributed by atoms with Gasteiger partial charge in [-0.25, -0.2) is 8.78 Å². The molecule has 0 atom stereocenters. The highest BCUT2D eigenvalue weighted by atomic mass is 19.2. The number of rotatable bonds is 4. The Bertz CT molecular complexity index is 942. The van der Waals surface area contributed by atoms with Crippen molar-refractivity contribution in [1.82, 2.24) is 0 Å². The van der Waals surface area contributed by atoms with Crippen molar-refractivity contribution in [3.63, 3.8) is 0 Å². The minimum Gasteiger partial charge on any atom is -0.328 e. The largest absolute Gasteiger partial charge is 0.328 e. The summed E-state index contributed by atoms with van der Waals surface area (Å²) in [5, 5.41) is 4.56. The van der Waals surface area contributed by atoms with E-state index < -0.39 is 11.6 Å². The third-order valence-electron chi connectivity index (χ3n) is 4.62. The molecule has 3 aromatic carbocycles. The number of hydrogen-bond donors (Lipinski definition) is 2. The van der Waals surface area contributed by atoms with E-state index in [9.17, 15) is 13.6 Å². The molecule has 0 saturated heterocycles. The van der Waals surface area contributed by atoms with Gasteiger partial charge in [-0.3, -0.25) is 4.79 Å². The van der Waals surface area contributed by atoms with E-state index in [1.165, 1.54) is 28.3 Å². The van der Waals surface area contributed by atoms with Gasteiger partial charge in [0.15, 0.2) is 18.2 Å². The number of quaternary nitrogens is 1. The molecule has 26 heavy (non-hydrogen) atoms. The highest BCUT2D eigenvalue weighted by molar-refractivity contribution is 5.91. The predicted molar refractivity (Wildman–Crippen MR) is 95.5 cm³/mol. The van der Waals surface area contributed by atoms with Crippen LogP contribution in [0.1, 0.15) is 17.2 Å². The summed E-state index contributed by atoms with van der Waals surface area (Å²) >= 11 is 0. The summed E-state index contributed by atoms with van der Waals surface area (Å²) in [5.41, 5.74) is 4.97. The Hall–Kier alpha value is -3.05. The van der Waals surface area contributed by atoms with Crippen molar-refractivity contribution in [1.29, 1.82) is 0 Å². The zero-order valence-electron chi connectivity index (χ0n) is 13.9.